The molecule has 4 nitrogen and oxygen atoms in total. The van der Waals surface area contributed by atoms with Gasteiger partial charge >= 0.3 is 12.4 Å². The Bertz CT molecular complexity index is 811. The second-order valence-electron chi connectivity index (χ2n) is 5.14. The molecule has 25 heavy (non-hydrogen) atoms. The Hall–Kier alpha value is -2.04. The van der Waals surface area contributed by atoms with E-state index >= 15 is 0 Å². The minimum Gasteiger partial charge on any atom is -0.346 e. The average molecular weight is 431 g/mol. The molecule has 0 aliphatic rings. The maximum atomic E-state index is 12.8. The van der Waals surface area contributed by atoms with E-state index in [9.17, 15) is 36.5 Å². The van der Waals surface area contributed by atoms with Crippen LogP contribution in [0, 0.1) is 16.0 Å². The minimum atomic E-state index is -5.47. The molecule has 0 bridgehead atoms. The number of nitro groups is 1. The van der Waals surface area contributed by atoms with E-state index in [1.807, 2.05) is 0 Å². The van der Waals surface area contributed by atoms with Gasteiger partial charge in [0.15, 0.2) is 5.92 Å². The third-order valence-corrected chi connectivity index (χ3v) is 3.91. The molecule has 0 unspecified atom stereocenters. The van der Waals surface area contributed by atoms with Crippen molar-refractivity contribution in [2.75, 3.05) is 0 Å². The third-order valence-electron chi connectivity index (χ3n) is 3.42. The first-order chi connectivity index (χ1) is 11.4. The SMILES string of the molecule is O=[N+]([O-])/C=C/c1cn(CC(C(F)(F)F)C(F)(F)F)c2cc(Br)ccc12. The van der Waals surface area contributed by atoms with Crippen molar-refractivity contribution in [3.8, 4) is 0 Å². The number of nitrogens with zero attached hydrogens (tertiary/aromatic N) is 2. The number of rotatable bonds is 4. The summed E-state index contributed by atoms with van der Waals surface area (Å²) in [5, 5.41) is 10.7. The fourth-order valence-corrected chi connectivity index (χ4v) is 2.66. The second-order valence-corrected chi connectivity index (χ2v) is 6.05. The van der Waals surface area contributed by atoms with Gasteiger partial charge in [0.05, 0.1) is 4.92 Å². The van der Waals surface area contributed by atoms with Crippen molar-refractivity contribution < 1.29 is 31.3 Å². The molecule has 1 aromatic carbocycles. The van der Waals surface area contributed by atoms with Crippen LogP contribution in [0.4, 0.5) is 26.3 Å². The van der Waals surface area contributed by atoms with Crippen LogP contribution in [0.1, 0.15) is 5.56 Å². The highest BCUT2D eigenvalue weighted by Gasteiger charge is 2.56. The summed E-state index contributed by atoms with van der Waals surface area (Å²) in [5.74, 6) is -3.55. The maximum Gasteiger partial charge on any atom is 0.402 e. The lowest BCUT2D eigenvalue weighted by atomic mass is 10.1. The van der Waals surface area contributed by atoms with Crippen LogP contribution in [-0.2, 0) is 6.54 Å². The molecule has 0 saturated carbocycles. The fraction of sp³-hybridized carbons (Fsp3) is 0.286. The van der Waals surface area contributed by atoms with Crippen LogP contribution in [0.3, 0.4) is 0 Å². The topological polar surface area (TPSA) is 48.1 Å². The zero-order valence-electron chi connectivity index (χ0n) is 12.1. The molecule has 11 heteroatoms. The van der Waals surface area contributed by atoms with Crippen LogP contribution in [0.25, 0.3) is 17.0 Å². The van der Waals surface area contributed by atoms with E-state index in [-0.39, 0.29) is 11.1 Å². The molecule has 0 radical (unpaired) electrons. The number of benzene rings is 1. The lowest BCUT2D eigenvalue weighted by Gasteiger charge is -2.23. The molecule has 1 aromatic heterocycles. The van der Waals surface area contributed by atoms with E-state index in [1.54, 1.807) is 0 Å². The van der Waals surface area contributed by atoms with Crippen molar-refractivity contribution in [2.24, 2.45) is 5.92 Å². The van der Waals surface area contributed by atoms with Crippen LogP contribution in [0.5, 0.6) is 0 Å². The Labute approximate surface area is 145 Å². The number of fused-ring (bicyclic) bond motifs is 1. The van der Waals surface area contributed by atoms with Crippen LogP contribution < -0.4 is 0 Å². The van der Waals surface area contributed by atoms with Gasteiger partial charge in [0.2, 0.25) is 6.20 Å². The summed E-state index contributed by atoms with van der Waals surface area (Å²) < 4.78 is 78.0. The summed E-state index contributed by atoms with van der Waals surface area (Å²) in [6.45, 7) is -1.38. The van der Waals surface area contributed by atoms with Crippen molar-refractivity contribution in [3.05, 3.63) is 50.7 Å². The summed E-state index contributed by atoms with van der Waals surface area (Å²) in [5.41, 5.74) is 0.234. The predicted octanol–water partition coefficient (Wildman–Crippen LogP) is 5.39. The van der Waals surface area contributed by atoms with Crippen molar-refractivity contribution in [1.29, 1.82) is 0 Å². The molecule has 0 spiro atoms. The molecule has 1 heterocycles. The Kier molecular flexibility index (Phi) is 5.17. The van der Waals surface area contributed by atoms with Gasteiger partial charge in [0.1, 0.15) is 0 Å². The van der Waals surface area contributed by atoms with E-state index in [4.69, 9.17) is 0 Å². The Morgan fingerprint density at radius 2 is 1.80 bits per heavy atom. The van der Waals surface area contributed by atoms with E-state index < -0.39 is 29.7 Å². The highest BCUT2D eigenvalue weighted by atomic mass is 79.9. The van der Waals surface area contributed by atoms with Gasteiger partial charge in [-0.05, 0) is 12.1 Å². The van der Waals surface area contributed by atoms with Gasteiger partial charge < -0.3 is 4.57 Å². The van der Waals surface area contributed by atoms with Gasteiger partial charge in [0.25, 0.3) is 0 Å². The van der Waals surface area contributed by atoms with Gasteiger partial charge in [-0.1, -0.05) is 22.0 Å². The maximum absolute atomic E-state index is 12.8. The van der Waals surface area contributed by atoms with E-state index in [2.05, 4.69) is 15.9 Å². The lowest BCUT2D eigenvalue weighted by molar-refractivity contribution is -0.400. The highest BCUT2D eigenvalue weighted by molar-refractivity contribution is 9.10. The number of halogens is 7. The number of alkyl halides is 6. The van der Waals surface area contributed by atoms with Crippen molar-refractivity contribution in [3.63, 3.8) is 0 Å². The molecular weight excluding hydrogens is 422 g/mol. The Morgan fingerprint density at radius 1 is 1.20 bits per heavy atom. The second kappa shape index (κ2) is 6.70. The van der Waals surface area contributed by atoms with Crippen LogP contribution in [-0.4, -0.2) is 21.8 Å². The standard InChI is InChI=1S/C14H9BrF6N2O2/c15-9-1-2-10-8(3-4-23(24)25)6-22(11(10)5-9)7-12(13(16,17)18)14(19,20)21/h1-6,12H,7H2/b4-3+. The quantitative estimate of drug-likeness (QED) is 0.370. The van der Waals surface area contributed by atoms with Crippen LogP contribution in [0.15, 0.2) is 35.1 Å². The average Bonchev–Trinajstić information content (AvgIpc) is 2.77. The molecule has 0 amide bonds. The normalized spacial score (nSPS) is 13.3. The zero-order chi connectivity index (χ0) is 19.0. The van der Waals surface area contributed by atoms with Crippen molar-refractivity contribution in [2.45, 2.75) is 18.9 Å². The monoisotopic (exact) mass is 430 g/mol. The summed E-state index contributed by atoms with van der Waals surface area (Å²) in [6.07, 6.45) is -8.34. The lowest BCUT2D eigenvalue weighted by Crippen LogP contribution is -2.39. The van der Waals surface area contributed by atoms with Gasteiger partial charge in [-0.2, -0.15) is 26.3 Å². The fourth-order valence-electron chi connectivity index (χ4n) is 2.31. The predicted molar refractivity (Wildman–Crippen MR) is 81.3 cm³/mol. The molecule has 2 aromatic rings. The summed E-state index contributed by atoms with van der Waals surface area (Å²) in [7, 11) is 0. The number of hydrogen-bond acceptors (Lipinski definition) is 2. The van der Waals surface area contributed by atoms with E-state index in [0.717, 1.165) is 16.8 Å². The number of hydrogen-bond donors (Lipinski definition) is 0. The van der Waals surface area contributed by atoms with Crippen molar-refractivity contribution >= 4 is 32.9 Å². The molecule has 0 atom stereocenters. The van der Waals surface area contributed by atoms with Gasteiger partial charge in [-0.3, -0.25) is 10.1 Å². The molecule has 0 N–H and O–H groups in total. The smallest absolute Gasteiger partial charge is 0.346 e. The first-order valence-corrected chi connectivity index (χ1v) is 7.42. The molecule has 0 aliphatic carbocycles. The zero-order valence-corrected chi connectivity index (χ0v) is 13.7. The number of aromatic nitrogens is 1. The molecular formula is C14H9BrF6N2O2. The third kappa shape index (κ3) is 4.53. The first kappa shape index (κ1) is 19.3. The van der Waals surface area contributed by atoms with Gasteiger partial charge in [-0.25, -0.2) is 0 Å². The largest absolute Gasteiger partial charge is 0.402 e. The van der Waals surface area contributed by atoms with Gasteiger partial charge in [-0.15, -0.1) is 0 Å². The highest BCUT2D eigenvalue weighted by Crippen LogP contribution is 2.41. The Morgan fingerprint density at radius 3 is 2.32 bits per heavy atom. The van der Waals surface area contributed by atoms with Crippen molar-refractivity contribution in [1.82, 2.24) is 4.57 Å². The first-order valence-electron chi connectivity index (χ1n) is 6.63. The van der Waals surface area contributed by atoms with E-state index in [0.29, 0.717) is 16.1 Å². The Balaban J connectivity index is 2.57. The summed E-state index contributed by atoms with van der Waals surface area (Å²) in [4.78, 5) is 9.64. The molecule has 0 aliphatic heterocycles. The summed E-state index contributed by atoms with van der Waals surface area (Å²) >= 11 is 3.10. The van der Waals surface area contributed by atoms with Crippen LogP contribution >= 0.6 is 15.9 Å². The van der Waals surface area contributed by atoms with Gasteiger partial charge in [0, 0.05) is 39.8 Å². The minimum absolute atomic E-state index is 0.0934. The molecule has 2 rings (SSSR count). The molecule has 0 fully saturated rings. The summed E-state index contributed by atoms with van der Waals surface area (Å²) in [6, 6.07) is 4.33. The van der Waals surface area contributed by atoms with Crippen LogP contribution in [0.2, 0.25) is 0 Å². The molecule has 0 saturated heterocycles. The van der Waals surface area contributed by atoms with E-state index in [1.165, 1.54) is 18.2 Å². The molecule has 136 valence electrons.